The van der Waals surface area contributed by atoms with Crippen LogP contribution in [-0.4, -0.2) is 43.0 Å². The normalized spacial score (nSPS) is 22.4. The molecule has 0 aromatic rings. The van der Waals surface area contributed by atoms with E-state index in [0.717, 1.165) is 25.7 Å². The summed E-state index contributed by atoms with van der Waals surface area (Å²) in [4.78, 5) is 12.1. The van der Waals surface area contributed by atoms with Gasteiger partial charge in [-0.3, -0.25) is 4.79 Å². The van der Waals surface area contributed by atoms with Crippen LogP contribution in [0.25, 0.3) is 0 Å². The van der Waals surface area contributed by atoms with Crippen LogP contribution < -0.4 is 5.32 Å². The number of hydrogen-bond donors (Lipinski definition) is 1. The molecule has 0 saturated heterocycles. The van der Waals surface area contributed by atoms with E-state index < -0.39 is 10.0 Å². The Morgan fingerprint density at radius 3 is 2.33 bits per heavy atom. The minimum absolute atomic E-state index is 0.0327. The quantitative estimate of drug-likeness (QED) is 0.697. The van der Waals surface area contributed by atoms with E-state index in [1.807, 2.05) is 20.8 Å². The maximum absolute atomic E-state index is 12.1. The fourth-order valence-corrected chi connectivity index (χ4v) is 3.70. The van der Waals surface area contributed by atoms with Gasteiger partial charge in [0.2, 0.25) is 15.9 Å². The first-order valence-corrected chi connectivity index (χ1v) is 9.70. The Bertz CT molecular complexity index is 454. The first-order chi connectivity index (χ1) is 9.56. The number of hydrogen-bond acceptors (Lipinski definition) is 3. The number of carbonyl (C=O) groups excluding carboxylic acids is 1. The number of unbranched alkanes of at least 4 members (excludes halogenated alkanes) is 3. The predicted octanol–water partition coefficient (Wildman–Crippen LogP) is 2.13. The molecule has 0 aromatic heterocycles. The summed E-state index contributed by atoms with van der Waals surface area (Å²) in [6.07, 6.45) is 6.03. The van der Waals surface area contributed by atoms with E-state index in [0.29, 0.717) is 13.0 Å². The fourth-order valence-electron chi connectivity index (χ4n) is 2.52. The van der Waals surface area contributed by atoms with Crippen molar-refractivity contribution in [3.63, 3.8) is 0 Å². The molecule has 5 nitrogen and oxygen atoms in total. The van der Waals surface area contributed by atoms with Gasteiger partial charge in [0.25, 0.3) is 0 Å². The van der Waals surface area contributed by atoms with Crippen LogP contribution in [0, 0.1) is 5.92 Å². The molecule has 1 rings (SSSR count). The van der Waals surface area contributed by atoms with Crippen LogP contribution in [0.1, 0.15) is 59.8 Å². The summed E-state index contributed by atoms with van der Waals surface area (Å²) < 4.78 is 25.4. The van der Waals surface area contributed by atoms with E-state index in [-0.39, 0.29) is 23.4 Å². The van der Waals surface area contributed by atoms with E-state index in [1.165, 1.54) is 10.6 Å². The van der Waals surface area contributed by atoms with Crippen molar-refractivity contribution < 1.29 is 13.2 Å². The summed E-state index contributed by atoms with van der Waals surface area (Å²) in [7, 11) is -3.25. The van der Waals surface area contributed by atoms with Crippen LogP contribution in [0.4, 0.5) is 0 Å². The zero-order chi connectivity index (χ0) is 16.3. The van der Waals surface area contributed by atoms with Crippen molar-refractivity contribution in [3.05, 3.63) is 0 Å². The standard InChI is InChI=1S/C15H30N2O3S/c1-6-7-8-9-10-17(21(5,19)20)13-11-12(13)14(18)16-15(2,3)4/h12-13H,6-11H2,1-5H3,(H,16,18)/t12-,13-/m1/s1. The number of carbonyl (C=O) groups is 1. The largest absolute Gasteiger partial charge is 0.351 e. The third-order valence-electron chi connectivity index (χ3n) is 3.62. The van der Waals surface area contributed by atoms with Crippen LogP contribution in [-0.2, 0) is 14.8 Å². The lowest BCUT2D eigenvalue weighted by molar-refractivity contribution is -0.124. The van der Waals surface area contributed by atoms with Crippen LogP contribution >= 0.6 is 0 Å². The molecule has 0 bridgehead atoms. The summed E-state index contributed by atoms with van der Waals surface area (Å²) in [6.45, 7) is 8.45. The molecule has 0 radical (unpaired) electrons. The maximum Gasteiger partial charge on any atom is 0.225 e. The number of nitrogens with one attached hydrogen (secondary N) is 1. The number of nitrogens with zero attached hydrogens (tertiary/aromatic N) is 1. The average molecular weight is 318 g/mol. The van der Waals surface area contributed by atoms with Crippen molar-refractivity contribution in [2.75, 3.05) is 12.8 Å². The van der Waals surface area contributed by atoms with Crippen molar-refractivity contribution in [2.24, 2.45) is 5.92 Å². The average Bonchev–Trinajstić information content (AvgIpc) is 3.04. The molecule has 1 saturated carbocycles. The zero-order valence-corrected chi connectivity index (χ0v) is 14.8. The minimum atomic E-state index is -3.25. The molecular formula is C15H30N2O3S. The first kappa shape index (κ1) is 18.4. The van der Waals surface area contributed by atoms with Crippen molar-refractivity contribution in [3.8, 4) is 0 Å². The lowest BCUT2D eigenvalue weighted by atomic mass is 10.1. The summed E-state index contributed by atoms with van der Waals surface area (Å²) in [6, 6.07) is -0.149. The second-order valence-electron chi connectivity index (χ2n) is 7.08. The van der Waals surface area contributed by atoms with Crippen LogP contribution in [0.3, 0.4) is 0 Å². The molecule has 2 atom stereocenters. The van der Waals surface area contributed by atoms with Gasteiger partial charge < -0.3 is 5.32 Å². The molecule has 0 aliphatic heterocycles. The third kappa shape index (κ3) is 6.34. The number of rotatable bonds is 8. The molecular weight excluding hydrogens is 288 g/mol. The first-order valence-electron chi connectivity index (χ1n) is 7.85. The van der Waals surface area contributed by atoms with Crippen LogP contribution in [0.2, 0.25) is 0 Å². The molecule has 0 spiro atoms. The van der Waals surface area contributed by atoms with Gasteiger partial charge in [-0.05, 0) is 33.6 Å². The monoisotopic (exact) mass is 318 g/mol. The van der Waals surface area contributed by atoms with Gasteiger partial charge in [-0.1, -0.05) is 26.2 Å². The van der Waals surface area contributed by atoms with Gasteiger partial charge in [0.15, 0.2) is 0 Å². The molecule has 0 unspecified atom stereocenters. The molecule has 1 N–H and O–H groups in total. The molecule has 6 heteroatoms. The van der Waals surface area contributed by atoms with Gasteiger partial charge in [0.05, 0.1) is 12.2 Å². The summed E-state index contributed by atoms with van der Waals surface area (Å²) in [5, 5.41) is 2.93. The zero-order valence-electron chi connectivity index (χ0n) is 14.0. The molecule has 1 aliphatic rings. The Balaban J connectivity index is 2.57. The lowest BCUT2D eigenvalue weighted by Crippen LogP contribution is -2.43. The Labute approximate surface area is 129 Å². The van der Waals surface area contributed by atoms with Gasteiger partial charge in [-0.2, -0.15) is 4.31 Å². The molecule has 0 heterocycles. The maximum atomic E-state index is 12.1. The highest BCUT2D eigenvalue weighted by Gasteiger charge is 2.49. The van der Waals surface area contributed by atoms with Crippen molar-refractivity contribution >= 4 is 15.9 Å². The van der Waals surface area contributed by atoms with Crippen LogP contribution in [0.5, 0.6) is 0 Å². The lowest BCUT2D eigenvalue weighted by Gasteiger charge is -2.23. The van der Waals surface area contributed by atoms with Crippen molar-refractivity contribution in [2.45, 2.75) is 71.4 Å². The van der Waals surface area contributed by atoms with E-state index in [9.17, 15) is 13.2 Å². The highest BCUT2D eigenvalue weighted by Crippen LogP contribution is 2.38. The smallest absolute Gasteiger partial charge is 0.225 e. The molecule has 1 fully saturated rings. The Hall–Kier alpha value is -0.620. The SMILES string of the molecule is CCCCCCN([C@@H]1C[C@H]1C(=O)NC(C)(C)C)S(C)(=O)=O. The second kappa shape index (κ2) is 7.09. The Morgan fingerprint density at radius 1 is 1.24 bits per heavy atom. The van der Waals surface area contributed by atoms with Gasteiger partial charge in [0, 0.05) is 18.1 Å². The summed E-state index contributed by atoms with van der Waals surface area (Å²) in [5.74, 6) is -0.222. The molecule has 1 amide bonds. The third-order valence-corrected chi connectivity index (χ3v) is 4.92. The molecule has 21 heavy (non-hydrogen) atoms. The van der Waals surface area contributed by atoms with E-state index in [2.05, 4.69) is 12.2 Å². The second-order valence-corrected chi connectivity index (χ2v) is 9.02. The molecule has 1 aliphatic carbocycles. The number of sulfonamides is 1. The predicted molar refractivity (Wildman–Crippen MR) is 85.5 cm³/mol. The summed E-state index contributed by atoms with van der Waals surface area (Å²) >= 11 is 0. The van der Waals surface area contributed by atoms with E-state index >= 15 is 0 Å². The minimum Gasteiger partial charge on any atom is -0.351 e. The Kier molecular flexibility index (Phi) is 6.23. The van der Waals surface area contributed by atoms with Gasteiger partial charge in [0.1, 0.15) is 0 Å². The molecule has 0 aromatic carbocycles. The summed E-state index contributed by atoms with van der Waals surface area (Å²) in [5.41, 5.74) is -0.277. The highest BCUT2D eigenvalue weighted by atomic mass is 32.2. The fraction of sp³-hybridized carbons (Fsp3) is 0.933. The van der Waals surface area contributed by atoms with E-state index in [1.54, 1.807) is 0 Å². The van der Waals surface area contributed by atoms with Gasteiger partial charge >= 0.3 is 0 Å². The van der Waals surface area contributed by atoms with E-state index in [4.69, 9.17) is 0 Å². The molecule has 124 valence electrons. The van der Waals surface area contributed by atoms with Crippen molar-refractivity contribution in [1.29, 1.82) is 0 Å². The van der Waals surface area contributed by atoms with Crippen LogP contribution in [0.15, 0.2) is 0 Å². The van der Waals surface area contributed by atoms with Crippen molar-refractivity contribution in [1.82, 2.24) is 9.62 Å². The van der Waals surface area contributed by atoms with Gasteiger partial charge in [-0.25, -0.2) is 8.42 Å². The number of amides is 1. The highest BCUT2D eigenvalue weighted by molar-refractivity contribution is 7.88. The topological polar surface area (TPSA) is 66.5 Å². The Morgan fingerprint density at radius 2 is 1.86 bits per heavy atom. The van der Waals surface area contributed by atoms with Gasteiger partial charge in [-0.15, -0.1) is 0 Å².